The van der Waals surface area contributed by atoms with Gasteiger partial charge in [0.2, 0.25) is 0 Å². The highest BCUT2D eigenvalue weighted by atomic mass is 32.2. The summed E-state index contributed by atoms with van der Waals surface area (Å²) in [5, 5.41) is -0.0455. The molecule has 0 atom stereocenters. The average Bonchev–Trinajstić information content (AvgIpc) is 2.68. The van der Waals surface area contributed by atoms with Crippen molar-refractivity contribution >= 4 is 11.8 Å². The lowest BCUT2D eigenvalue weighted by Gasteiger charge is -2.19. The Morgan fingerprint density at radius 2 is 1.64 bits per heavy atom. The molecular formula is C22H19F5N2O3S. The van der Waals surface area contributed by atoms with Gasteiger partial charge in [-0.25, -0.2) is 13.8 Å². The van der Waals surface area contributed by atoms with Gasteiger partial charge in [-0.05, 0) is 29.7 Å². The molecule has 3 aromatic rings. The SMILES string of the molecule is CC(C)(C)COc1c(F)cc(-n2ccnc(Sc3ccc(OC(F)(F)F)cc3)c2=O)cc1F. The van der Waals surface area contributed by atoms with E-state index in [9.17, 15) is 26.7 Å². The molecule has 0 aliphatic rings. The summed E-state index contributed by atoms with van der Waals surface area (Å²) in [5.74, 6) is -2.88. The number of hydrogen-bond acceptors (Lipinski definition) is 5. The van der Waals surface area contributed by atoms with Crippen molar-refractivity contribution in [3.05, 3.63) is 70.8 Å². The van der Waals surface area contributed by atoms with Crippen molar-refractivity contribution in [3.63, 3.8) is 0 Å². The Morgan fingerprint density at radius 1 is 1.03 bits per heavy atom. The zero-order chi connectivity index (χ0) is 24.4. The van der Waals surface area contributed by atoms with Crippen LogP contribution in [0.4, 0.5) is 22.0 Å². The van der Waals surface area contributed by atoms with Crippen LogP contribution in [-0.2, 0) is 0 Å². The van der Waals surface area contributed by atoms with Crippen LogP contribution in [0.5, 0.6) is 11.5 Å². The van der Waals surface area contributed by atoms with E-state index in [0.29, 0.717) is 4.90 Å². The molecule has 0 saturated heterocycles. The van der Waals surface area contributed by atoms with Gasteiger partial charge in [-0.1, -0.05) is 32.5 Å². The van der Waals surface area contributed by atoms with E-state index in [1.807, 2.05) is 20.8 Å². The second-order valence-electron chi connectivity index (χ2n) is 8.12. The highest BCUT2D eigenvalue weighted by Gasteiger charge is 2.31. The molecule has 0 amide bonds. The van der Waals surface area contributed by atoms with Crippen LogP contribution in [0.1, 0.15) is 20.8 Å². The van der Waals surface area contributed by atoms with Crippen molar-refractivity contribution in [2.75, 3.05) is 6.61 Å². The molecule has 3 rings (SSSR count). The van der Waals surface area contributed by atoms with Gasteiger partial charge in [0.25, 0.3) is 5.56 Å². The van der Waals surface area contributed by atoms with E-state index in [2.05, 4.69) is 9.72 Å². The van der Waals surface area contributed by atoms with Gasteiger partial charge < -0.3 is 9.47 Å². The van der Waals surface area contributed by atoms with Crippen LogP contribution in [0.3, 0.4) is 0 Å². The topological polar surface area (TPSA) is 53.4 Å². The molecule has 0 radical (unpaired) electrons. The number of nitrogens with zero attached hydrogens (tertiary/aromatic N) is 2. The summed E-state index contributed by atoms with van der Waals surface area (Å²) in [6.07, 6.45) is -2.30. The lowest BCUT2D eigenvalue weighted by atomic mass is 9.99. The summed E-state index contributed by atoms with van der Waals surface area (Å²) >= 11 is 0.879. The first-order valence-corrected chi connectivity index (χ1v) is 10.4. The van der Waals surface area contributed by atoms with E-state index in [1.165, 1.54) is 24.5 Å². The van der Waals surface area contributed by atoms with Crippen molar-refractivity contribution in [1.29, 1.82) is 0 Å². The highest BCUT2D eigenvalue weighted by molar-refractivity contribution is 7.99. The van der Waals surface area contributed by atoms with E-state index in [4.69, 9.17) is 4.74 Å². The first kappa shape index (κ1) is 24.6. The Kier molecular flexibility index (Phi) is 7.01. The molecule has 5 nitrogen and oxygen atoms in total. The monoisotopic (exact) mass is 486 g/mol. The van der Waals surface area contributed by atoms with Crippen molar-refractivity contribution in [2.24, 2.45) is 5.41 Å². The molecule has 0 bridgehead atoms. The lowest BCUT2D eigenvalue weighted by molar-refractivity contribution is -0.274. The molecule has 0 aliphatic heterocycles. The van der Waals surface area contributed by atoms with Gasteiger partial charge >= 0.3 is 6.36 Å². The van der Waals surface area contributed by atoms with Crippen LogP contribution in [-0.4, -0.2) is 22.5 Å². The fourth-order valence-electron chi connectivity index (χ4n) is 2.60. The molecule has 0 N–H and O–H groups in total. The Hall–Kier alpha value is -3.08. The van der Waals surface area contributed by atoms with Gasteiger partial charge in [0.05, 0.1) is 12.3 Å². The van der Waals surface area contributed by atoms with Crippen molar-refractivity contribution in [3.8, 4) is 17.2 Å². The molecule has 1 heterocycles. The molecule has 1 aromatic heterocycles. The number of benzene rings is 2. The first-order chi connectivity index (χ1) is 15.3. The molecule has 0 aliphatic carbocycles. The van der Waals surface area contributed by atoms with E-state index in [1.54, 1.807) is 0 Å². The normalized spacial score (nSPS) is 12.0. The fourth-order valence-corrected chi connectivity index (χ4v) is 3.39. The molecule has 0 fully saturated rings. The Bertz CT molecular complexity index is 1170. The Labute approximate surface area is 190 Å². The zero-order valence-corrected chi connectivity index (χ0v) is 18.6. The third kappa shape index (κ3) is 6.70. The first-order valence-electron chi connectivity index (χ1n) is 9.56. The Balaban J connectivity index is 1.85. The van der Waals surface area contributed by atoms with Crippen LogP contribution in [0.25, 0.3) is 5.69 Å². The van der Waals surface area contributed by atoms with Crippen molar-refractivity contribution in [2.45, 2.75) is 37.1 Å². The van der Waals surface area contributed by atoms with Gasteiger partial charge in [0.1, 0.15) is 5.75 Å². The number of aromatic nitrogens is 2. The summed E-state index contributed by atoms with van der Waals surface area (Å²) in [6.45, 7) is 5.64. The molecule has 0 saturated carbocycles. The molecule has 176 valence electrons. The summed E-state index contributed by atoms with van der Waals surface area (Å²) in [4.78, 5) is 17.2. The number of hydrogen-bond donors (Lipinski definition) is 0. The molecule has 11 heteroatoms. The zero-order valence-electron chi connectivity index (χ0n) is 17.7. The second-order valence-corrected chi connectivity index (χ2v) is 9.18. The fraction of sp³-hybridized carbons (Fsp3) is 0.273. The maximum Gasteiger partial charge on any atom is 0.573 e. The predicted octanol–water partition coefficient (Wildman–Crippen LogP) is 5.99. The smallest absolute Gasteiger partial charge is 0.487 e. The summed E-state index contributed by atoms with van der Waals surface area (Å²) < 4.78 is 75.9. The molecular weight excluding hydrogens is 467 g/mol. The quantitative estimate of drug-likeness (QED) is 0.401. The third-order valence-electron chi connectivity index (χ3n) is 3.99. The van der Waals surface area contributed by atoms with E-state index >= 15 is 0 Å². The van der Waals surface area contributed by atoms with Crippen LogP contribution < -0.4 is 15.0 Å². The average molecular weight is 486 g/mol. The summed E-state index contributed by atoms with van der Waals surface area (Å²) in [6, 6.07) is 6.78. The van der Waals surface area contributed by atoms with E-state index in [0.717, 1.165) is 40.6 Å². The van der Waals surface area contributed by atoms with E-state index in [-0.39, 0.29) is 22.7 Å². The minimum Gasteiger partial charge on any atom is -0.487 e. The lowest BCUT2D eigenvalue weighted by Crippen LogP contribution is -2.21. The summed E-state index contributed by atoms with van der Waals surface area (Å²) in [5.41, 5.74) is -1.06. The molecule has 0 spiro atoms. The minimum atomic E-state index is -4.82. The van der Waals surface area contributed by atoms with Crippen LogP contribution >= 0.6 is 11.8 Å². The van der Waals surface area contributed by atoms with Gasteiger partial charge in [-0.3, -0.25) is 9.36 Å². The highest BCUT2D eigenvalue weighted by Crippen LogP contribution is 2.29. The minimum absolute atomic E-state index is 0.0455. The van der Waals surface area contributed by atoms with E-state index < -0.39 is 35.1 Å². The number of alkyl halides is 3. The van der Waals surface area contributed by atoms with Gasteiger partial charge in [-0.15, -0.1) is 13.2 Å². The second kappa shape index (κ2) is 9.42. The molecule has 2 aromatic carbocycles. The van der Waals surface area contributed by atoms with Crippen LogP contribution in [0.15, 0.2) is 63.5 Å². The largest absolute Gasteiger partial charge is 0.573 e. The van der Waals surface area contributed by atoms with Gasteiger partial charge in [-0.2, -0.15) is 0 Å². The number of halogens is 5. The van der Waals surface area contributed by atoms with Gasteiger partial charge in [0.15, 0.2) is 22.4 Å². The maximum atomic E-state index is 14.5. The third-order valence-corrected chi connectivity index (χ3v) is 4.97. The van der Waals surface area contributed by atoms with Crippen LogP contribution in [0, 0.1) is 17.0 Å². The predicted molar refractivity (Wildman–Crippen MR) is 112 cm³/mol. The number of ether oxygens (including phenoxy) is 2. The van der Waals surface area contributed by atoms with Crippen molar-refractivity contribution in [1.82, 2.24) is 9.55 Å². The molecule has 0 unspecified atom stereocenters. The number of rotatable bonds is 6. The summed E-state index contributed by atoms with van der Waals surface area (Å²) in [7, 11) is 0. The van der Waals surface area contributed by atoms with Crippen molar-refractivity contribution < 1.29 is 31.4 Å². The van der Waals surface area contributed by atoms with Gasteiger partial charge in [0, 0.05) is 29.4 Å². The molecule has 33 heavy (non-hydrogen) atoms. The van der Waals surface area contributed by atoms with Crippen LogP contribution in [0.2, 0.25) is 0 Å². The maximum absolute atomic E-state index is 14.5. The standard InChI is InChI=1S/C22H19F5N2O3S/c1-21(2,3)12-31-18-16(23)10-13(11-17(18)24)29-9-8-28-19(20(29)30)33-15-6-4-14(5-7-15)32-22(25,26)27/h4-11H,12H2,1-3H3. The Morgan fingerprint density at radius 3 is 2.18 bits per heavy atom.